The van der Waals surface area contributed by atoms with Crippen LogP contribution in [-0.4, -0.2) is 45.0 Å². The van der Waals surface area contributed by atoms with Crippen molar-refractivity contribution in [3.63, 3.8) is 0 Å². The molecule has 0 saturated carbocycles. The van der Waals surface area contributed by atoms with E-state index in [0.29, 0.717) is 29.1 Å². The van der Waals surface area contributed by atoms with Gasteiger partial charge in [0.2, 0.25) is 0 Å². The molecule has 0 fully saturated rings. The molecule has 0 aliphatic carbocycles. The highest BCUT2D eigenvalue weighted by Gasteiger charge is 2.26. The summed E-state index contributed by atoms with van der Waals surface area (Å²) in [6.45, 7) is 7.41. The molecule has 1 N–H and O–H groups in total. The fourth-order valence-electron chi connectivity index (χ4n) is 2.24. The minimum Gasteiger partial charge on any atom is -0.462 e. The molecule has 24 heavy (non-hydrogen) atoms. The van der Waals surface area contributed by atoms with Crippen molar-refractivity contribution in [1.29, 1.82) is 0 Å². The third-order valence-electron chi connectivity index (χ3n) is 3.37. The van der Waals surface area contributed by atoms with Crippen molar-refractivity contribution < 1.29 is 14.3 Å². The zero-order chi connectivity index (χ0) is 17.9. The number of nitrogens with one attached hydrogen (secondary N) is 1. The van der Waals surface area contributed by atoms with Crippen LogP contribution in [0.15, 0.2) is 8.68 Å². The Balaban J connectivity index is 2.19. The Morgan fingerprint density at radius 3 is 2.54 bits per heavy atom. The second-order valence-electron chi connectivity index (χ2n) is 5.01. The topological polar surface area (TPSA) is 84.9 Å². The summed E-state index contributed by atoms with van der Waals surface area (Å²) < 4.78 is 6.68. The van der Waals surface area contributed by atoms with Gasteiger partial charge in [0.05, 0.1) is 23.1 Å². The van der Waals surface area contributed by atoms with Gasteiger partial charge < -0.3 is 9.72 Å². The van der Waals surface area contributed by atoms with Crippen LogP contribution in [0.4, 0.5) is 0 Å². The first kappa shape index (κ1) is 19.0. The Hall–Kier alpha value is -1.32. The Kier molecular flexibility index (Phi) is 6.47. The molecule has 1 atom stereocenters. The van der Waals surface area contributed by atoms with Crippen LogP contribution in [0.25, 0.3) is 0 Å². The van der Waals surface area contributed by atoms with Gasteiger partial charge in [-0.05, 0) is 39.5 Å². The first-order valence-electron chi connectivity index (χ1n) is 7.33. The smallest absolute Gasteiger partial charge is 0.340 e. The van der Waals surface area contributed by atoms with Crippen LogP contribution in [0.2, 0.25) is 0 Å². The predicted molar refractivity (Wildman–Crippen MR) is 97.6 cm³/mol. The summed E-state index contributed by atoms with van der Waals surface area (Å²) in [4.78, 5) is 27.8. The van der Waals surface area contributed by atoms with E-state index in [1.807, 2.05) is 13.2 Å². The monoisotopic (exact) mass is 385 g/mol. The number of H-pyrrole nitrogens is 1. The fourth-order valence-corrected chi connectivity index (χ4v) is 4.88. The van der Waals surface area contributed by atoms with E-state index in [-0.39, 0.29) is 11.0 Å². The van der Waals surface area contributed by atoms with Gasteiger partial charge in [-0.3, -0.25) is 4.79 Å². The van der Waals surface area contributed by atoms with Crippen LogP contribution < -0.4 is 0 Å². The summed E-state index contributed by atoms with van der Waals surface area (Å²) in [6.07, 6.45) is 1.94. The first-order valence-corrected chi connectivity index (χ1v) is 10.3. The molecule has 0 amide bonds. The van der Waals surface area contributed by atoms with Crippen LogP contribution in [0, 0.1) is 13.8 Å². The summed E-state index contributed by atoms with van der Waals surface area (Å²) in [5.74, 6) is -0.478. The molecule has 130 valence electrons. The van der Waals surface area contributed by atoms with E-state index in [9.17, 15) is 9.59 Å². The lowest BCUT2D eigenvalue weighted by Gasteiger charge is -2.07. The molecule has 6 nitrogen and oxygen atoms in total. The summed E-state index contributed by atoms with van der Waals surface area (Å²) in [7, 11) is 0. The molecule has 0 bridgehead atoms. The second kappa shape index (κ2) is 8.17. The minimum atomic E-state index is -0.406. The lowest BCUT2D eigenvalue weighted by Crippen LogP contribution is -2.15. The van der Waals surface area contributed by atoms with E-state index < -0.39 is 5.97 Å². The molecule has 2 heterocycles. The number of Topliss-reactive ketones (excluding diaryl/α,β-unsaturated/α-hetero) is 1. The van der Waals surface area contributed by atoms with E-state index in [1.54, 1.807) is 20.8 Å². The molecule has 9 heteroatoms. The average Bonchev–Trinajstić information content (AvgIpc) is 3.10. The van der Waals surface area contributed by atoms with E-state index in [2.05, 4.69) is 15.2 Å². The molecule has 0 aliphatic heterocycles. The molecule has 2 aromatic heterocycles. The van der Waals surface area contributed by atoms with Gasteiger partial charge in [0, 0.05) is 5.69 Å². The number of aryl methyl sites for hydroxylation is 1. The number of carbonyl (C=O) groups excluding carboxylic acids is 2. The molecular weight excluding hydrogens is 366 g/mol. The molecule has 0 saturated heterocycles. The molecule has 0 spiro atoms. The third-order valence-corrected chi connectivity index (χ3v) is 6.46. The van der Waals surface area contributed by atoms with E-state index >= 15 is 0 Å². The van der Waals surface area contributed by atoms with Crippen LogP contribution >= 0.6 is 34.9 Å². The van der Waals surface area contributed by atoms with E-state index in [4.69, 9.17) is 4.74 Å². The van der Waals surface area contributed by atoms with Crippen molar-refractivity contribution >= 4 is 46.6 Å². The lowest BCUT2D eigenvalue weighted by molar-refractivity contribution is 0.0525. The largest absolute Gasteiger partial charge is 0.462 e. The van der Waals surface area contributed by atoms with Gasteiger partial charge in [0.25, 0.3) is 0 Å². The SMILES string of the molecule is CCOC(=O)c1c(C)[nH]c(C(=O)[C@H](C)Sc2nnc(SC)s2)c1C. The maximum Gasteiger partial charge on any atom is 0.340 e. The van der Waals surface area contributed by atoms with Gasteiger partial charge in [-0.15, -0.1) is 10.2 Å². The van der Waals surface area contributed by atoms with Crippen LogP contribution in [-0.2, 0) is 4.74 Å². The molecule has 2 rings (SSSR count). The van der Waals surface area contributed by atoms with Gasteiger partial charge in [-0.2, -0.15) is 0 Å². The zero-order valence-electron chi connectivity index (χ0n) is 14.1. The summed E-state index contributed by atoms with van der Waals surface area (Å²) >= 11 is 4.36. The number of aromatic amines is 1. The van der Waals surface area contributed by atoms with Crippen molar-refractivity contribution in [2.24, 2.45) is 0 Å². The fraction of sp³-hybridized carbons (Fsp3) is 0.467. The number of aromatic nitrogens is 3. The van der Waals surface area contributed by atoms with Crippen molar-refractivity contribution in [1.82, 2.24) is 15.2 Å². The number of ether oxygens (including phenoxy) is 1. The standard InChI is InChI=1S/C15H19N3O3S3/c1-6-21-13(20)10-7(2)11(16-8(10)3)12(19)9(4)23-15-18-17-14(22-5)24-15/h9,16H,6H2,1-5H3/t9-/m0/s1. The van der Waals surface area contributed by atoms with Gasteiger partial charge in [0.1, 0.15) is 0 Å². The first-order chi connectivity index (χ1) is 11.4. The second-order valence-corrected chi connectivity index (χ2v) is 8.63. The number of ketones is 1. The normalized spacial score (nSPS) is 12.2. The van der Waals surface area contributed by atoms with Crippen LogP contribution in [0.5, 0.6) is 0 Å². The van der Waals surface area contributed by atoms with Crippen LogP contribution in [0.3, 0.4) is 0 Å². The van der Waals surface area contributed by atoms with Crippen molar-refractivity contribution in [2.75, 3.05) is 12.9 Å². The van der Waals surface area contributed by atoms with Crippen molar-refractivity contribution in [2.45, 2.75) is 41.6 Å². The molecule has 0 unspecified atom stereocenters. The molecule has 0 aromatic carbocycles. The average molecular weight is 386 g/mol. The maximum absolute atomic E-state index is 12.7. The quantitative estimate of drug-likeness (QED) is 0.441. The predicted octanol–water partition coefficient (Wildman–Crippen LogP) is 3.75. The summed E-state index contributed by atoms with van der Waals surface area (Å²) in [6, 6.07) is 0. The highest BCUT2D eigenvalue weighted by molar-refractivity contribution is 8.03. The lowest BCUT2D eigenvalue weighted by atomic mass is 10.1. The number of esters is 1. The molecule has 2 aromatic rings. The number of carbonyl (C=O) groups is 2. The number of hydrogen-bond acceptors (Lipinski definition) is 8. The summed E-state index contributed by atoms with van der Waals surface area (Å²) in [5.41, 5.74) is 2.17. The van der Waals surface area contributed by atoms with Gasteiger partial charge in [-0.25, -0.2) is 4.79 Å². The number of rotatable bonds is 7. The Bertz CT molecular complexity index is 754. The summed E-state index contributed by atoms with van der Waals surface area (Å²) in [5, 5.41) is 7.77. The van der Waals surface area contributed by atoms with Crippen LogP contribution in [0.1, 0.15) is 46.0 Å². The number of thioether (sulfide) groups is 2. The highest BCUT2D eigenvalue weighted by atomic mass is 32.2. The number of nitrogens with zero attached hydrogens (tertiary/aromatic N) is 2. The third kappa shape index (κ3) is 4.01. The minimum absolute atomic E-state index is 0.0722. The Morgan fingerprint density at radius 2 is 1.96 bits per heavy atom. The molecule has 0 aliphatic rings. The zero-order valence-corrected chi connectivity index (χ0v) is 16.6. The van der Waals surface area contributed by atoms with Gasteiger partial charge in [-0.1, -0.05) is 34.9 Å². The number of hydrogen-bond donors (Lipinski definition) is 1. The van der Waals surface area contributed by atoms with Gasteiger partial charge in [0.15, 0.2) is 14.5 Å². The van der Waals surface area contributed by atoms with Crippen molar-refractivity contribution in [3.8, 4) is 0 Å². The Morgan fingerprint density at radius 1 is 1.29 bits per heavy atom. The maximum atomic E-state index is 12.7. The highest BCUT2D eigenvalue weighted by Crippen LogP contribution is 2.32. The van der Waals surface area contributed by atoms with Crippen molar-refractivity contribution in [3.05, 3.63) is 22.5 Å². The molecular formula is C15H19N3O3S3. The Labute approximate surface area is 153 Å². The van der Waals surface area contributed by atoms with E-state index in [0.717, 1.165) is 8.68 Å². The van der Waals surface area contributed by atoms with E-state index in [1.165, 1.54) is 34.9 Å². The molecule has 0 radical (unpaired) electrons. The van der Waals surface area contributed by atoms with Gasteiger partial charge >= 0.3 is 5.97 Å².